The molecule has 4 nitrogen and oxygen atoms in total. The van der Waals surface area contributed by atoms with Gasteiger partial charge < -0.3 is 4.74 Å². The van der Waals surface area contributed by atoms with Crippen molar-refractivity contribution >= 4 is 28.1 Å². The molecule has 1 N–H and O–H groups in total. The maximum absolute atomic E-state index is 13.0. The fraction of sp³-hybridized carbons (Fsp3) is 0.176. The molecule has 0 saturated carbocycles. The van der Waals surface area contributed by atoms with Crippen LogP contribution >= 0.6 is 15.9 Å². The van der Waals surface area contributed by atoms with Gasteiger partial charge in [0.2, 0.25) is 0 Å². The van der Waals surface area contributed by atoms with E-state index in [2.05, 4.69) is 26.5 Å². The molecule has 2 aromatic rings. The number of hydrogen-bond acceptors (Lipinski definition) is 3. The zero-order valence-electron chi connectivity index (χ0n) is 12.6. The van der Waals surface area contributed by atoms with E-state index in [1.807, 2.05) is 25.1 Å². The lowest BCUT2D eigenvalue weighted by Crippen LogP contribution is -2.24. The van der Waals surface area contributed by atoms with E-state index in [1.165, 1.54) is 18.3 Å². The molecule has 0 aliphatic heterocycles. The van der Waals surface area contributed by atoms with E-state index in [9.17, 15) is 9.18 Å². The number of nitrogens with zero attached hydrogens (tertiary/aromatic N) is 1. The van der Waals surface area contributed by atoms with Crippen molar-refractivity contribution in [2.45, 2.75) is 13.3 Å². The summed E-state index contributed by atoms with van der Waals surface area (Å²) in [7, 11) is 0. The second-order valence-electron chi connectivity index (χ2n) is 4.74. The van der Waals surface area contributed by atoms with Crippen LogP contribution in [-0.4, -0.2) is 18.7 Å². The van der Waals surface area contributed by atoms with Crippen LogP contribution in [0.15, 0.2) is 52.0 Å². The van der Waals surface area contributed by atoms with E-state index in [-0.39, 0.29) is 18.3 Å². The summed E-state index contributed by atoms with van der Waals surface area (Å²) >= 11 is 3.40. The number of rotatable bonds is 6. The van der Waals surface area contributed by atoms with Crippen LogP contribution in [0.2, 0.25) is 0 Å². The van der Waals surface area contributed by atoms with E-state index in [4.69, 9.17) is 4.74 Å². The quantitative estimate of drug-likeness (QED) is 0.615. The summed E-state index contributed by atoms with van der Waals surface area (Å²) in [5.41, 5.74) is 3.92. The maximum atomic E-state index is 13.0. The molecular formula is C17H16BrFN2O2. The third kappa shape index (κ3) is 5.49. The maximum Gasteiger partial charge on any atom is 0.277 e. The molecule has 0 heterocycles. The van der Waals surface area contributed by atoms with E-state index < -0.39 is 0 Å². The number of benzene rings is 2. The summed E-state index contributed by atoms with van der Waals surface area (Å²) in [6.07, 6.45) is 2.17. The highest BCUT2D eigenvalue weighted by molar-refractivity contribution is 9.10. The minimum absolute atomic E-state index is 0.144. The van der Waals surface area contributed by atoms with Crippen molar-refractivity contribution in [3.63, 3.8) is 0 Å². The molecule has 0 saturated heterocycles. The predicted octanol–water partition coefficient (Wildman–Crippen LogP) is 3.68. The molecule has 2 rings (SSSR count). The van der Waals surface area contributed by atoms with Crippen molar-refractivity contribution in [3.8, 4) is 5.75 Å². The first-order valence-corrected chi connectivity index (χ1v) is 7.86. The summed E-state index contributed by atoms with van der Waals surface area (Å²) in [4.78, 5) is 11.7. The summed E-state index contributed by atoms with van der Waals surface area (Å²) in [6.45, 7) is 1.87. The first-order chi connectivity index (χ1) is 11.1. The van der Waals surface area contributed by atoms with Crippen LogP contribution in [0, 0.1) is 5.82 Å². The van der Waals surface area contributed by atoms with Gasteiger partial charge in [-0.1, -0.05) is 35.0 Å². The smallest absolute Gasteiger partial charge is 0.277 e. The van der Waals surface area contributed by atoms with Gasteiger partial charge in [0.25, 0.3) is 5.91 Å². The Hall–Kier alpha value is -2.21. The molecule has 0 fully saturated rings. The molecule has 0 aliphatic carbocycles. The van der Waals surface area contributed by atoms with Crippen molar-refractivity contribution in [1.29, 1.82) is 0 Å². The number of aryl methyl sites for hydroxylation is 1. The molecule has 0 spiro atoms. The van der Waals surface area contributed by atoms with Crippen molar-refractivity contribution in [2.75, 3.05) is 6.61 Å². The molecule has 0 atom stereocenters. The number of hydrogen-bond donors (Lipinski definition) is 1. The van der Waals surface area contributed by atoms with E-state index in [0.717, 1.165) is 16.5 Å². The highest BCUT2D eigenvalue weighted by Crippen LogP contribution is 2.23. The molecule has 0 radical (unpaired) electrons. The Morgan fingerprint density at radius 1 is 1.35 bits per heavy atom. The summed E-state index contributed by atoms with van der Waals surface area (Å²) in [5, 5.41) is 3.77. The van der Waals surface area contributed by atoms with Crippen LogP contribution in [0.25, 0.3) is 0 Å². The van der Waals surface area contributed by atoms with Crippen LogP contribution in [-0.2, 0) is 11.2 Å². The van der Waals surface area contributed by atoms with Gasteiger partial charge in [-0.05, 0) is 47.9 Å². The van der Waals surface area contributed by atoms with Crippen LogP contribution < -0.4 is 10.2 Å². The SMILES string of the molecule is CCc1cc(Br)ccc1OCC(=O)N/N=C/c1cccc(F)c1. The topological polar surface area (TPSA) is 50.7 Å². The average molecular weight is 379 g/mol. The second-order valence-corrected chi connectivity index (χ2v) is 5.66. The van der Waals surface area contributed by atoms with Crippen LogP contribution in [0.1, 0.15) is 18.1 Å². The number of nitrogens with one attached hydrogen (secondary N) is 1. The highest BCUT2D eigenvalue weighted by atomic mass is 79.9. The van der Waals surface area contributed by atoms with Crippen LogP contribution in [0.3, 0.4) is 0 Å². The van der Waals surface area contributed by atoms with Gasteiger partial charge in [0.1, 0.15) is 11.6 Å². The van der Waals surface area contributed by atoms with Crippen LogP contribution in [0.5, 0.6) is 5.75 Å². The van der Waals surface area contributed by atoms with Crippen molar-refractivity contribution in [1.82, 2.24) is 5.43 Å². The standard InChI is InChI=1S/C17H16BrFN2O2/c1-2-13-9-14(18)6-7-16(13)23-11-17(22)21-20-10-12-4-3-5-15(19)8-12/h3-10H,2,11H2,1H3,(H,21,22)/b20-10+. The predicted molar refractivity (Wildman–Crippen MR) is 91.2 cm³/mol. The van der Waals surface area contributed by atoms with Crippen molar-refractivity contribution in [2.24, 2.45) is 5.10 Å². The largest absolute Gasteiger partial charge is 0.483 e. The van der Waals surface area contributed by atoms with E-state index in [0.29, 0.717) is 11.3 Å². The fourth-order valence-electron chi connectivity index (χ4n) is 1.91. The third-order valence-corrected chi connectivity index (χ3v) is 3.51. The lowest BCUT2D eigenvalue weighted by atomic mass is 10.1. The summed E-state index contributed by atoms with van der Waals surface area (Å²) < 4.78 is 19.5. The molecule has 1 amide bonds. The average Bonchev–Trinajstić information content (AvgIpc) is 2.53. The second kappa shape index (κ2) is 8.43. The highest BCUT2D eigenvalue weighted by Gasteiger charge is 2.06. The number of hydrazone groups is 1. The van der Waals surface area contributed by atoms with Gasteiger partial charge in [-0.25, -0.2) is 9.82 Å². The van der Waals surface area contributed by atoms with Gasteiger partial charge in [0, 0.05) is 4.47 Å². The number of ether oxygens (including phenoxy) is 1. The normalized spacial score (nSPS) is 10.7. The zero-order valence-corrected chi connectivity index (χ0v) is 14.1. The molecule has 120 valence electrons. The van der Waals surface area contributed by atoms with Crippen molar-refractivity contribution < 1.29 is 13.9 Å². The number of amides is 1. The van der Waals surface area contributed by atoms with E-state index in [1.54, 1.807) is 12.1 Å². The monoisotopic (exact) mass is 378 g/mol. The molecule has 0 bridgehead atoms. The van der Waals surface area contributed by atoms with Crippen LogP contribution in [0.4, 0.5) is 4.39 Å². The van der Waals surface area contributed by atoms with Gasteiger partial charge in [-0.2, -0.15) is 5.10 Å². The van der Waals surface area contributed by atoms with Gasteiger partial charge >= 0.3 is 0 Å². The van der Waals surface area contributed by atoms with Gasteiger partial charge in [0.15, 0.2) is 6.61 Å². The molecule has 0 unspecified atom stereocenters. The number of carbonyl (C=O) groups excluding carboxylic acids is 1. The summed E-state index contributed by atoms with van der Waals surface area (Å²) in [6, 6.07) is 11.5. The molecular weight excluding hydrogens is 363 g/mol. The third-order valence-electron chi connectivity index (χ3n) is 3.01. The molecule has 6 heteroatoms. The Balaban J connectivity index is 1.86. The minimum Gasteiger partial charge on any atom is -0.483 e. The molecule has 23 heavy (non-hydrogen) atoms. The molecule has 0 aliphatic rings. The zero-order chi connectivity index (χ0) is 16.7. The van der Waals surface area contributed by atoms with Gasteiger partial charge in [-0.15, -0.1) is 0 Å². The Kier molecular flexibility index (Phi) is 6.29. The van der Waals surface area contributed by atoms with Gasteiger partial charge in [-0.3, -0.25) is 4.79 Å². The molecule has 2 aromatic carbocycles. The fourth-order valence-corrected chi connectivity index (χ4v) is 2.31. The first kappa shape index (κ1) is 17.1. The van der Waals surface area contributed by atoms with Gasteiger partial charge in [0.05, 0.1) is 6.21 Å². The number of carbonyl (C=O) groups is 1. The Morgan fingerprint density at radius 3 is 2.91 bits per heavy atom. The summed E-state index contributed by atoms with van der Waals surface area (Å²) in [5.74, 6) is -0.0754. The number of halogens is 2. The Bertz CT molecular complexity index is 719. The Morgan fingerprint density at radius 2 is 2.17 bits per heavy atom. The molecule has 0 aromatic heterocycles. The lowest BCUT2D eigenvalue weighted by molar-refractivity contribution is -0.123. The van der Waals surface area contributed by atoms with Crippen molar-refractivity contribution in [3.05, 3.63) is 63.9 Å². The lowest BCUT2D eigenvalue weighted by Gasteiger charge is -2.09. The van der Waals surface area contributed by atoms with E-state index >= 15 is 0 Å². The minimum atomic E-state index is -0.386. The first-order valence-electron chi connectivity index (χ1n) is 7.07. The Labute approximate surface area is 142 Å².